The molecule has 0 atom stereocenters. The van der Waals surface area contributed by atoms with E-state index in [4.69, 9.17) is 16.0 Å². The summed E-state index contributed by atoms with van der Waals surface area (Å²) in [5.41, 5.74) is 1.08. The lowest BCUT2D eigenvalue weighted by atomic mass is 10.2. The maximum atomic E-state index is 13.2. The van der Waals surface area contributed by atoms with Crippen LogP contribution in [-0.2, 0) is 5.88 Å². The van der Waals surface area contributed by atoms with Crippen LogP contribution in [0.25, 0.3) is 0 Å². The van der Waals surface area contributed by atoms with Crippen LogP contribution in [0.4, 0.5) is 16.1 Å². The summed E-state index contributed by atoms with van der Waals surface area (Å²) in [5, 5.41) is 10.2. The fourth-order valence-electron chi connectivity index (χ4n) is 1.22. The Labute approximate surface area is 96.4 Å². The molecule has 0 bridgehead atoms. The Morgan fingerprint density at radius 2 is 2.25 bits per heavy atom. The summed E-state index contributed by atoms with van der Waals surface area (Å²) in [6, 6.07) is 4.91. The van der Waals surface area contributed by atoms with Crippen LogP contribution >= 0.6 is 11.6 Å². The molecular weight excluding hydrogens is 233 g/mol. The molecule has 0 saturated carbocycles. The van der Waals surface area contributed by atoms with Gasteiger partial charge in [0.25, 0.3) is 0 Å². The number of benzene rings is 1. The Morgan fingerprint density at radius 3 is 2.94 bits per heavy atom. The highest BCUT2D eigenvalue weighted by molar-refractivity contribution is 6.16. The fraction of sp³-hybridized carbons (Fsp3) is 0.200. The van der Waals surface area contributed by atoms with Crippen molar-refractivity contribution in [2.45, 2.75) is 12.8 Å². The minimum atomic E-state index is -0.290. The molecule has 1 aromatic heterocycles. The highest BCUT2D eigenvalue weighted by Crippen LogP contribution is 2.21. The molecule has 2 aromatic rings. The lowest BCUT2D eigenvalue weighted by Gasteiger charge is -2.05. The second-order valence-corrected chi connectivity index (χ2v) is 3.44. The quantitative estimate of drug-likeness (QED) is 0.840. The molecule has 2 rings (SSSR count). The number of nitrogens with zero attached hydrogens (tertiary/aromatic N) is 2. The van der Waals surface area contributed by atoms with Crippen LogP contribution in [0, 0.1) is 12.7 Å². The number of nitrogens with one attached hydrogen (secondary N) is 1. The Bertz CT molecular complexity index is 501. The summed E-state index contributed by atoms with van der Waals surface area (Å²) >= 11 is 5.52. The SMILES string of the molecule is Cc1c(F)cccc1Nc1nnc(CCl)o1. The maximum Gasteiger partial charge on any atom is 0.320 e. The Morgan fingerprint density at radius 1 is 1.44 bits per heavy atom. The molecule has 0 saturated heterocycles. The number of alkyl halides is 1. The van der Waals surface area contributed by atoms with Crippen molar-refractivity contribution in [3.05, 3.63) is 35.5 Å². The summed E-state index contributed by atoms with van der Waals surface area (Å²) in [6.45, 7) is 1.66. The van der Waals surface area contributed by atoms with Crippen LogP contribution in [0.2, 0.25) is 0 Å². The molecule has 6 heteroatoms. The molecule has 0 spiro atoms. The van der Waals surface area contributed by atoms with Crippen molar-refractivity contribution < 1.29 is 8.81 Å². The van der Waals surface area contributed by atoms with E-state index in [0.717, 1.165) is 0 Å². The summed E-state index contributed by atoms with van der Waals surface area (Å²) in [4.78, 5) is 0. The van der Waals surface area contributed by atoms with Crippen LogP contribution in [0.15, 0.2) is 22.6 Å². The van der Waals surface area contributed by atoms with Gasteiger partial charge in [-0.1, -0.05) is 11.2 Å². The van der Waals surface area contributed by atoms with Crippen molar-refractivity contribution in [3.8, 4) is 0 Å². The molecule has 16 heavy (non-hydrogen) atoms. The maximum absolute atomic E-state index is 13.2. The first kappa shape index (κ1) is 10.9. The van der Waals surface area contributed by atoms with Crippen molar-refractivity contribution in [1.29, 1.82) is 0 Å². The molecule has 0 aliphatic heterocycles. The summed E-state index contributed by atoms with van der Waals surface area (Å²) in [6.07, 6.45) is 0. The van der Waals surface area contributed by atoms with Crippen molar-refractivity contribution in [2.24, 2.45) is 0 Å². The van der Waals surface area contributed by atoms with Crippen LogP contribution in [-0.4, -0.2) is 10.2 Å². The van der Waals surface area contributed by atoms with Crippen molar-refractivity contribution in [1.82, 2.24) is 10.2 Å². The number of aromatic nitrogens is 2. The Hall–Kier alpha value is -1.62. The number of rotatable bonds is 3. The van der Waals surface area contributed by atoms with E-state index in [0.29, 0.717) is 17.1 Å². The van der Waals surface area contributed by atoms with Gasteiger partial charge in [0, 0.05) is 11.3 Å². The molecule has 0 radical (unpaired) electrons. The third-order valence-electron chi connectivity index (χ3n) is 2.09. The number of halogens is 2. The van der Waals surface area contributed by atoms with E-state index in [9.17, 15) is 4.39 Å². The van der Waals surface area contributed by atoms with Gasteiger partial charge in [-0.2, -0.15) is 0 Å². The van der Waals surface area contributed by atoms with Crippen LogP contribution in [0.3, 0.4) is 0 Å². The predicted molar refractivity (Wildman–Crippen MR) is 58.3 cm³/mol. The standard InChI is InChI=1S/C10H9ClFN3O/c1-6-7(12)3-2-4-8(6)13-10-15-14-9(5-11)16-10/h2-4H,5H2,1H3,(H,13,15). The molecule has 0 aliphatic rings. The number of anilines is 2. The van der Waals surface area contributed by atoms with Crippen molar-refractivity contribution >= 4 is 23.3 Å². The fourth-order valence-corrected chi connectivity index (χ4v) is 1.32. The summed E-state index contributed by atoms with van der Waals surface area (Å²) in [7, 11) is 0. The lowest BCUT2D eigenvalue weighted by Crippen LogP contribution is -1.95. The molecule has 4 nitrogen and oxygen atoms in total. The zero-order chi connectivity index (χ0) is 11.5. The molecule has 0 fully saturated rings. The molecule has 0 aliphatic carbocycles. The first-order chi connectivity index (χ1) is 7.70. The molecule has 0 unspecified atom stereocenters. The second kappa shape index (κ2) is 4.49. The monoisotopic (exact) mass is 241 g/mol. The van der Waals surface area contributed by atoms with E-state index >= 15 is 0 Å². The molecular formula is C10H9ClFN3O. The number of hydrogen-bond donors (Lipinski definition) is 1. The number of hydrogen-bond acceptors (Lipinski definition) is 4. The first-order valence-corrected chi connectivity index (χ1v) is 5.14. The van der Waals surface area contributed by atoms with Crippen LogP contribution < -0.4 is 5.32 Å². The van der Waals surface area contributed by atoms with Gasteiger partial charge in [0.15, 0.2) is 0 Å². The predicted octanol–water partition coefficient (Wildman–Crippen LogP) is 3.00. The lowest BCUT2D eigenvalue weighted by molar-refractivity contribution is 0.530. The summed E-state index contributed by atoms with van der Waals surface area (Å²) < 4.78 is 18.4. The first-order valence-electron chi connectivity index (χ1n) is 4.61. The largest absolute Gasteiger partial charge is 0.407 e. The molecule has 1 N–H and O–H groups in total. The van der Waals surface area contributed by atoms with Gasteiger partial charge < -0.3 is 9.73 Å². The van der Waals surface area contributed by atoms with E-state index in [-0.39, 0.29) is 17.7 Å². The van der Waals surface area contributed by atoms with Gasteiger partial charge in [-0.05, 0) is 19.1 Å². The average Bonchev–Trinajstić information content (AvgIpc) is 2.73. The third-order valence-corrected chi connectivity index (χ3v) is 2.32. The minimum absolute atomic E-state index is 0.150. The van der Waals surface area contributed by atoms with Gasteiger partial charge in [0.1, 0.15) is 11.7 Å². The van der Waals surface area contributed by atoms with Crippen molar-refractivity contribution in [2.75, 3.05) is 5.32 Å². The van der Waals surface area contributed by atoms with Gasteiger partial charge in [0.05, 0.1) is 0 Å². The molecule has 1 heterocycles. The second-order valence-electron chi connectivity index (χ2n) is 3.17. The summed E-state index contributed by atoms with van der Waals surface area (Å²) in [5.74, 6) is 0.178. The Balaban J connectivity index is 2.23. The van der Waals surface area contributed by atoms with E-state index in [2.05, 4.69) is 15.5 Å². The normalized spacial score (nSPS) is 10.4. The highest BCUT2D eigenvalue weighted by Gasteiger charge is 2.08. The van der Waals surface area contributed by atoms with Gasteiger partial charge in [0.2, 0.25) is 5.89 Å². The molecule has 0 amide bonds. The Kier molecular flexibility index (Phi) is 3.05. The average molecular weight is 242 g/mol. The third kappa shape index (κ3) is 2.14. The van der Waals surface area contributed by atoms with Gasteiger partial charge >= 0.3 is 6.01 Å². The van der Waals surface area contributed by atoms with E-state index < -0.39 is 0 Å². The zero-order valence-electron chi connectivity index (χ0n) is 8.50. The molecule has 1 aromatic carbocycles. The minimum Gasteiger partial charge on any atom is -0.407 e. The van der Waals surface area contributed by atoms with E-state index in [1.165, 1.54) is 6.07 Å². The topological polar surface area (TPSA) is 51.0 Å². The van der Waals surface area contributed by atoms with Crippen LogP contribution in [0.1, 0.15) is 11.5 Å². The van der Waals surface area contributed by atoms with E-state index in [1.54, 1.807) is 19.1 Å². The van der Waals surface area contributed by atoms with E-state index in [1.807, 2.05) is 0 Å². The van der Waals surface area contributed by atoms with Gasteiger partial charge in [-0.3, -0.25) is 0 Å². The van der Waals surface area contributed by atoms with Crippen LogP contribution in [0.5, 0.6) is 0 Å². The van der Waals surface area contributed by atoms with Gasteiger partial charge in [-0.15, -0.1) is 16.7 Å². The highest BCUT2D eigenvalue weighted by atomic mass is 35.5. The smallest absolute Gasteiger partial charge is 0.320 e. The zero-order valence-corrected chi connectivity index (χ0v) is 9.25. The van der Waals surface area contributed by atoms with Gasteiger partial charge in [-0.25, -0.2) is 4.39 Å². The van der Waals surface area contributed by atoms with Crippen molar-refractivity contribution in [3.63, 3.8) is 0 Å². The molecule has 84 valence electrons.